The molecule has 0 saturated heterocycles. The smallest absolute Gasteiger partial charge is 0.311 e. The lowest BCUT2D eigenvalue weighted by Gasteiger charge is -2.12. The minimum Gasteiger partial charge on any atom is -0.481 e. The van der Waals surface area contributed by atoms with Crippen molar-refractivity contribution in [2.45, 2.75) is 12.3 Å². The van der Waals surface area contributed by atoms with Crippen LogP contribution in [0.25, 0.3) is 0 Å². The Morgan fingerprint density at radius 2 is 1.67 bits per heavy atom. The second kappa shape index (κ2) is 5.45. The van der Waals surface area contributed by atoms with E-state index in [0.29, 0.717) is 12.0 Å². The number of carboxylic acids is 1. The average molecular weight is 244 g/mol. The zero-order valence-corrected chi connectivity index (χ0v) is 9.71. The Morgan fingerprint density at radius 3 is 2.22 bits per heavy atom. The maximum Gasteiger partial charge on any atom is 0.311 e. The molecule has 0 aliphatic carbocycles. The molecule has 0 aliphatic rings. The van der Waals surface area contributed by atoms with Crippen LogP contribution in [0.2, 0.25) is 0 Å². The predicted octanol–water partition coefficient (Wildman–Crippen LogP) is 3.24. The quantitative estimate of drug-likeness (QED) is 0.896. The van der Waals surface area contributed by atoms with Crippen molar-refractivity contribution >= 4 is 5.97 Å². The van der Waals surface area contributed by atoms with Crippen LogP contribution in [-0.4, -0.2) is 11.1 Å². The monoisotopic (exact) mass is 244 g/mol. The van der Waals surface area contributed by atoms with Crippen molar-refractivity contribution in [3.8, 4) is 0 Å². The Hall–Kier alpha value is -2.16. The molecule has 0 fully saturated rings. The molecule has 1 atom stereocenters. The Balaban J connectivity index is 2.24. The van der Waals surface area contributed by atoms with Gasteiger partial charge in [-0.3, -0.25) is 4.79 Å². The fourth-order valence-electron chi connectivity index (χ4n) is 1.89. The molecule has 0 unspecified atom stereocenters. The summed E-state index contributed by atoms with van der Waals surface area (Å²) in [6.45, 7) is 0. The first-order valence-corrected chi connectivity index (χ1v) is 5.69. The molecule has 1 N–H and O–H groups in total. The van der Waals surface area contributed by atoms with E-state index in [2.05, 4.69) is 0 Å². The van der Waals surface area contributed by atoms with Crippen molar-refractivity contribution < 1.29 is 14.3 Å². The molecule has 2 aromatic carbocycles. The number of hydrogen-bond donors (Lipinski definition) is 1. The van der Waals surface area contributed by atoms with E-state index in [1.54, 1.807) is 0 Å². The summed E-state index contributed by atoms with van der Waals surface area (Å²) in [6, 6.07) is 15.0. The van der Waals surface area contributed by atoms with Gasteiger partial charge in [0, 0.05) is 0 Å². The van der Waals surface area contributed by atoms with Gasteiger partial charge < -0.3 is 5.11 Å². The maximum absolute atomic E-state index is 12.8. The van der Waals surface area contributed by atoms with E-state index in [9.17, 15) is 14.3 Å². The maximum atomic E-state index is 12.8. The highest BCUT2D eigenvalue weighted by Gasteiger charge is 2.20. The highest BCUT2D eigenvalue weighted by Crippen LogP contribution is 2.21. The molecule has 0 spiro atoms. The highest BCUT2D eigenvalue weighted by atomic mass is 19.1. The lowest BCUT2D eigenvalue weighted by molar-refractivity contribution is -0.138. The van der Waals surface area contributed by atoms with Crippen LogP contribution in [0.5, 0.6) is 0 Å². The van der Waals surface area contributed by atoms with E-state index in [1.807, 2.05) is 30.3 Å². The molecule has 2 rings (SSSR count). The van der Waals surface area contributed by atoms with Crippen molar-refractivity contribution in [2.75, 3.05) is 0 Å². The van der Waals surface area contributed by atoms with Crippen molar-refractivity contribution in [1.29, 1.82) is 0 Å². The first-order valence-electron chi connectivity index (χ1n) is 5.69. The molecule has 18 heavy (non-hydrogen) atoms. The number of carbonyl (C=O) groups is 1. The largest absolute Gasteiger partial charge is 0.481 e. The van der Waals surface area contributed by atoms with Crippen LogP contribution in [0.4, 0.5) is 4.39 Å². The van der Waals surface area contributed by atoms with Crippen LogP contribution in [-0.2, 0) is 11.2 Å². The predicted molar refractivity (Wildman–Crippen MR) is 66.9 cm³/mol. The first-order chi connectivity index (χ1) is 8.66. The fraction of sp³-hybridized carbons (Fsp3) is 0.133. The van der Waals surface area contributed by atoms with E-state index in [0.717, 1.165) is 5.56 Å². The summed E-state index contributed by atoms with van der Waals surface area (Å²) in [6.07, 6.45) is 0.405. The van der Waals surface area contributed by atoms with Gasteiger partial charge in [-0.25, -0.2) is 4.39 Å². The summed E-state index contributed by atoms with van der Waals surface area (Å²) in [5.74, 6) is -1.90. The van der Waals surface area contributed by atoms with Crippen LogP contribution in [0, 0.1) is 5.82 Å². The summed E-state index contributed by atoms with van der Waals surface area (Å²) >= 11 is 0. The first kappa shape index (κ1) is 12.3. The third-order valence-corrected chi connectivity index (χ3v) is 2.85. The molecule has 3 heteroatoms. The van der Waals surface area contributed by atoms with Crippen molar-refractivity contribution in [3.05, 3.63) is 71.5 Å². The summed E-state index contributed by atoms with van der Waals surface area (Å²) < 4.78 is 12.8. The second-order valence-corrected chi connectivity index (χ2v) is 4.13. The molecule has 0 heterocycles. The number of aliphatic carboxylic acids is 1. The van der Waals surface area contributed by atoms with Gasteiger partial charge in [-0.15, -0.1) is 0 Å². The van der Waals surface area contributed by atoms with E-state index in [-0.39, 0.29) is 5.82 Å². The lowest BCUT2D eigenvalue weighted by Crippen LogP contribution is -2.14. The fourth-order valence-corrected chi connectivity index (χ4v) is 1.89. The third kappa shape index (κ3) is 2.94. The Kier molecular flexibility index (Phi) is 3.72. The van der Waals surface area contributed by atoms with Crippen LogP contribution in [0.3, 0.4) is 0 Å². The molecule has 2 nitrogen and oxygen atoms in total. The minimum absolute atomic E-state index is 0.359. The molecule has 2 aromatic rings. The SMILES string of the molecule is O=C(O)[C@@H](Cc1ccccc1)c1ccc(F)cc1. The second-order valence-electron chi connectivity index (χ2n) is 4.13. The average Bonchev–Trinajstić information content (AvgIpc) is 2.38. The van der Waals surface area contributed by atoms with Gasteiger partial charge in [0.05, 0.1) is 5.92 Å². The molecule has 92 valence electrons. The summed E-state index contributed by atoms with van der Waals surface area (Å²) in [5.41, 5.74) is 1.57. The van der Waals surface area contributed by atoms with Gasteiger partial charge in [0.2, 0.25) is 0 Å². The standard InChI is InChI=1S/C15H13FO2/c16-13-8-6-12(7-9-13)14(15(17)18)10-11-4-2-1-3-5-11/h1-9,14H,10H2,(H,17,18)/t14-/m0/s1. The van der Waals surface area contributed by atoms with Crippen LogP contribution in [0.15, 0.2) is 54.6 Å². The van der Waals surface area contributed by atoms with Gasteiger partial charge in [-0.2, -0.15) is 0 Å². The summed E-state index contributed by atoms with van der Waals surface area (Å²) in [7, 11) is 0. The minimum atomic E-state index is -0.898. The normalized spacial score (nSPS) is 12.1. The molecule has 0 saturated carbocycles. The Bertz CT molecular complexity index is 520. The Labute approximate surface area is 105 Å². The molecular weight excluding hydrogens is 231 g/mol. The van der Waals surface area contributed by atoms with Crippen LogP contribution < -0.4 is 0 Å². The topological polar surface area (TPSA) is 37.3 Å². The van der Waals surface area contributed by atoms with E-state index >= 15 is 0 Å². The van der Waals surface area contributed by atoms with Gasteiger partial charge in [0.15, 0.2) is 0 Å². The number of carboxylic acid groups (broad SMARTS) is 1. The highest BCUT2D eigenvalue weighted by molar-refractivity contribution is 5.76. The number of benzene rings is 2. The number of rotatable bonds is 4. The molecule has 0 amide bonds. The van der Waals surface area contributed by atoms with Gasteiger partial charge in [0.1, 0.15) is 5.82 Å². The summed E-state index contributed by atoms with van der Waals surface area (Å²) in [4.78, 5) is 11.3. The van der Waals surface area contributed by atoms with Crippen LogP contribution >= 0.6 is 0 Å². The number of halogens is 1. The number of hydrogen-bond acceptors (Lipinski definition) is 1. The molecule has 0 radical (unpaired) electrons. The van der Waals surface area contributed by atoms with E-state index in [4.69, 9.17) is 0 Å². The summed E-state index contributed by atoms with van der Waals surface area (Å²) in [5, 5.41) is 9.26. The van der Waals surface area contributed by atoms with Crippen molar-refractivity contribution in [2.24, 2.45) is 0 Å². The van der Waals surface area contributed by atoms with Gasteiger partial charge in [-0.05, 0) is 29.7 Å². The zero-order chi connectivity index (χ0) is 13.0. The molecular formula is C15H13FO2. The lowest BCUT2D eigenvalue weighted by atomic mass is 9.92. The van der Waals surface area contributed by atoms with Gasteiger partial charge in [-0.1, -0.05) is 42.5 Å². The van der Waals surface area contributed by atoms with Crippen molar-refractivity contribution in [1.82, 2.24) is 0 Å². The molecule has 0 aliphatic heterocycles. The Morgan fingerprint density at radius 1 is 1.06 bits per heavy atom. The van der Waals surface area contributed by atoms with Crippen LogP contribution in [0.1, 0.15) is 17.0 Å². The van der Waals surface area contributed by atoms with Gasteiger partial charge >= 0.3 is 5.97 Å². The van der Waals surface area contributed by atoms with Gasteiger partial charge in [0.25, 0.3) is 0 Å². The van der Waals surface area contributed by atoms with E-state index in [1.165, 1.54) is 24.3 Å². The third-order valence-electron chi connectivity index (χ3n) is 2.85. The zero-order valence-electron chi connectivity index (χ0n) is 9.71. The van der Waals surface area contributed by atoms with Crippen molar-refractivity contribution in [3.63, 3.8) is 0 Å². The molecule has 0 bridgehead atoms. The molecule has 0 aromatic heterocycles. The van der Waals surface area contributed by atoms with E-state index < -0.39 is 11.9 Å².